The quantitative estimate of drug-likeness (QED) is 0.692. The summed E-state index contributed by atoms with van der Waals surface area (Å²) in [5.41, 5.74) is 10.6. The molecule has 7 heteroatoms. The third-order valence-electron chi connectivity index (χ3n) is 1.10. The molecule has 1 aromatic rings. The third-order valence-corrected chi connectivity index (χ3v) is 1.92. The minimum atomic E-state index is -0.487. The van der Waals surface area contributed by atoms with Crippen molar-refractivity contribution in [1.29, 1.82) is 0 Å². The van der Waals surface area contributed by atoms with Gasteiger partial charge >= 0.3 is 0 Å². The Kier molecular flexibility index (Phi) is 2.88. The van der Waals surface area contributed by atoms with Crippen LogP contribution in [0.2, 0.25) is 0 Å². The molecule has 0 saturated carbocycles. The molecule has 1 unspecified atom stereocenters. The van der Waals surface area contributed by atoms with Crippen molar-refractivity contribution in [2.24, 2.45) is 0 Å². The Bertz CT molecular complexity index is 258. The molecule has 0 aliphatic rings. The van der Waals surface area contributed by atoms with Gasteiger partial charge in [-0.3, -0.25) is 0 Å². The van der Waals surface area contributed by atoms with E-state index < -0.39 is 5.38 Å². The van der Waals surface area contributed by atoms with Gasteiger partial charge in [-0.2, -0.15) is 15.0 Å². The van der Waals surface area contributed by atoms with E-state index in [4.69, 9.17) is 34.7 Å². The van der Waals surface area contributed by atoms with Crippen molar-refractivity contribution in [3.05, 3.63) is 5.82 Å². The van der Waals surface area contributed by atoms with E-state index in [-0.39, 0.29) is 17.8 Å². The topological polar surface area (TPSA) is 90.7 Å². The molecule has 1 rings (SSSR count). The highest BCUT2D eigenvalue weighted by Gasteiger charge is 2.11. The fourth-order valence-corrected chi connectivity index (χ4v) is 0.872. The molecule has 0 amide bonds. The molecule has 4 N–H and O–H groups in total. The average molecular weight is 208 g/mol. The molecule has 1 aromatic heterocycles. The van der Waals surface area contributed by atoms with Crippen LogP contribution < -0.4 is 11.5 Å². The normalized spacial score (nSPS) is 12.8. The zero-order valence-corrected chi connectivity index (χ0v) is 7.55. The number of aromatic nitrogens is 3. The van der Waals surface area contributed by atoms with E-state index in [0.29, 0.717) is 5.82 Å². The van der Waals surface area contributed by atoms with E-state index in [9.17, 15) is 0 Å². The van der Waals surface area contributed by atoms with Crippen LogP contribution in [0.25, 0.3) is 0 Å². The molecule has 66 valence electrons. The van der Waals surface area contributed by atoms with E-state index >= 15 is 0 Å². The first kappa shape index (κ1) is 9.28. The highest BCUT2D eigenvalue weighted by atomic mass is 35.5. The summed E-state index contributed by atoms with van der Waals surface area (Å²) in [5, 5.41) is -0.487. The lowest BCUT2D eigenvalue weighted by molar-refractivity contribution is 0.896. The van der Waals surface area contributed by atoms with Crippen LogP contribution in [0.5, 0.6) is 0 Å². The standard InChI is InChI=1S/C5H7Cl2N5/c6-1-2(7)3-10-4(8)12-5(9)11-3/h2H,1H2,(H4,8,9,10,11,12). The number of nitrogen functional groups attached to an aromatic ring is 2. The maximum absolute atomic E-state index is 5.74. The monoisotopic (exact) mass is 207 g/mol. The summed E-state index contributed by atoms with van der Waals surface area (Å²) in [6.45, 7) is 0. The van der Waals surface area contributed by atoms with Crippen molar-refractivity contribution in [3.8, 4) is 0 Å². The highest BCUT2D eigenvalue weighted by Crippen LogP contribution is 2.18. The Morgan fingerprint density at radius 1 is 1.17 bits per heavy atom. The molecule has 0 aromatic carbocycles. The lowest BCUT2D eigenvalue weighted by Gasteiger charge is -2.04. The molecule has 0 aliphatic heterocycles. The van der Waals surface area contributed by atoms with Crippen molar-refractivity contribution < 1.29 is 0 Å². The van der Waals surface area contributed by atoms with E-state index in [0.717, 1.165) is 0 Å². The number of hydrogen-bond donors (Lipinski definition) is 2. The summed E-state index contributed by atoms with van der Waals surface area (Å²) >= 11 is 11.2. The fraction of sp³-hybridized carbons (Fsp3) is 0.400. The van der Waals surface area contributed by atoms with Crippen LogP contribution in [-0.2, 0) is 0 Å². The Labute approximate surface area is 79.1 Å². The van der Waals surface area contributed by atoms with Gasteiger partial charge in [0.1, 0.15) is 5.38 Å². The first-order valence-corrected chi connectivity index (χ1v) is 4.07. The second-order valence-electron chi connectivity index (χ2n) is 2.03. The largest absolute Gasteiger partial charge is 0.368 e. The van der Waals surface area contributed by atoms with Crippen LogP contribution in [0, 0.1) is 0 Å². The minimum Gasteiger partial charge on any atom is -0.368 e. The van der Waals surface area contributed by atoms with Crippen molar-refractivity contribution >= 4 is 35.1 Å². The lowest BCUT2D eigenvalue weighted by Crippen LogP contribution is -2.08. The minimum absolute atomic E-state index is 0.0493. The number of nitrogens with zero attached hydrogens (tertiary/aromatic N) is 3. The molecule has 0 saturated heterocycles. The van der Waals surface area contributed by atoms with Gasteiger partial charge in [-0.1, -0.05) is 0 Å². The fourth-order valence-electron chi connectivity index (χ4n) is 0.636. The van der Waals surface area contributed by atoms with Gasteiger partial charge in [0.15, 0.2) is 5.82 Å². The summed E-state index contributed by atoms with van der Waals surface area (Å²) < 4.78 is 0. The first-order valence-electron chi connectivity index (χ1n) is 3.10. The predicted molar refractivity (Wildman–Crippen MR) is 48.0 cm³/mol. The number of hydrogen-bond acceptors (Lipinski definition) is 5. The number of nitrogens with two attached hydrogens (primary N) is 2. The molecule has 0 fully saturated rings. The van der Waals surface area contributed by atoms with E-state index in [1.807, 2.05) is 0 Å². The second-order valence-corrected chi connectivity index (χ2v) is 2.87. The Morgan fingerprint density at radius 3 is 2.08 bits per heavy atom. The van der Waals surface area contributed by atoms with Gasteiger partial charge in [0, 0.05) is 5.88 Å². The molecule has 0 aliphatic carbocycles. The Balaban J connectivity index is 3.00. The molecule has 12 heavy (non-hydrogen) atoms. The Morgan fingerprint density at radius 2 is 1.67 bits per heavy atom. The van der Waals surface area contributed by atoms with Crippen LogP contribution in [0.3, 0.4) is 0 Å². The molecular weight excluding hydrogens is 201 g/mol. The average Bonchev–Trinajstić information content (AvgIpc) is 2.01. The van der Waals surface area contributed by atoms with Gasteiger partial charge < -0.3 is 11.5 Å². The summed E-state index contributed by atoms with van der Waals surface area (Å²) in [6, 6.07) is 0. The van der Waals surface area contributed by atoms with Crippen LogP contribution in [0.4, 0.5) is 11.9 Å². The lowest BCUT2D eigenvalue weighted by atomic mass is 10.4. The summed E-state index contributed by atoms with van der Waals surface area (Å²) in [6.07, 6.45) is 0. The van der Waals surface area contributed by atoms with Gasteiger partial charge in [0.25, 0.3) is 0 Å². The Hall–Kier alpha value is -0.810. The van der Waals surface area contributed by atoms with Crippen molar-refractivity contribution in [3.63, 3.8) is 0 Å². The molecular formula is C5H7Cl2N5. The van der Waals surface area contributed by atoms with Gasteiger partial charge in [-0.05, 0) is 0 Å². The molecule has 5 nitrogen and oxygen atoms in total. The number of halogens is 2. The molecule has 0 spiro atoms. The SMILES string of the molecule is Nc1nc(N)nc(C(Cl)CCl)n1. The van der Waals surface area contributed by atoms with E-state index in [1.54, 1.807) is 0 Å². The van der Waals surface area contributed by atoms with Gasteiger partial charge in [-0.15, -0.1) is 23.2 Å². The summed E-state index contributed by atoms with van der Waals surface area (Å²) in [5.74, 6) is 0.600. The van der Waals surface area contributed by atoms with Gasteiger partial charge in [-0.25, -0.2) is 0 Å². The number of anilines is 2. The van der Waals surface area contributed by atoms with Crippen molar-refractivity contribution in [2.75, 3.05) is 17.3 Å². The van der Waals surface area contributed by atoms with Crippen LogP contribution in [-0.4, -0.2) is 20.8 Å². The van der Waals surface area contributed by atoms with E-state index in [1.165, 1.54) is 0 Å². The van der Waals surface area contributed by atoms with E-state index in [2.05, 4.69) is 15.0 Å². The maximum atomic E-state index is 5.74. The second kappa shape index (κ2) is 3.73. The zero-order chi connectivity index (χ0) is 9.14. The van der Waals surface area contributed by atoms with Crippen LogP contribution in [0.15, 0.2) is 0 Å². The summed E-state index contributed by atoms with van der Waals surface area (Å²) in [7, 11) is 0. The van der Waals surface area contributed by atoms with Crippen LogP contribution >= 0.6 is 23.2 Å². The molecule has 1 atom stereocenters. The number of rotatable bonds is 2. The van der Waals surface area contributed by atoms with Gasteiger partial charge in [0.05, 0.1) is 0 Å². The molecule has 0 radical (unpaired) electrons. The molecule has 0 bridgehead atoms. The van der Waals surface area contributed by atoms with Gasteiger partial charge in [0.2, 0.25) is 11.9 Å². The van der Waals surface area contributed by atoms with Crippen molar-refractivity contribution in [1.82, 2.24) is 15.0 Å². The summed E-state index contributed by atoms with van der Waals surface area (Å²) in [4.78, 5) is 11.1. The third kappa shape index (κ3) is 2.09. The number of alkyl halides is 2. The molecule has 1 heterocycles. The highest BCUT2D eigenvalue weighted by molar-refractivity contribution is 6.27. The predicted octanol–water partition coefficient (Wildman–Crippen LogP) is 0.555. The zero-order valence-electron chi connectivity index (χ0n) is 6.04. The smallest absolute Gasteiger partial charge is 0.225 e. The maximum Gasteiger partial charge on any atom is 0.225 e. The van der Waals surface area contributed by atoms with Crippen molar-refractivity contribution in [2.45, 2.75) is 5.38 Å². The van der Waals surface area contributed by atoms with Crippen LogP contribution in [0.1, 0.15) is 11.2 Å². The first-order chi connectivity index (χ1) is 5.63.